The van der Waals surface area contributed by atoms with Crippen molar-refractivity contribution in [1.82, 2.24) is 5.32 Å². The van der Waals surface area contributed by atoms with Gasteiger partial charge in [0, 0.05) is 6.92 Å². The Labute approximate surface area is 386 Å². The fraction of sp³-hybridized carbons (Fsp3) is 0.947. The molecule has 5 saturated heterocycles. The molecule has 5 heterocycles. The zero-order valence-corrected chi connectivity index (χ0v) is 36.7. The fourth-order valence-electron chi connectivity index (χ4n) is 8.34. The van der Waals surface area contributed by atoms with Crippen molar-refractivity contribution < 1.29 is 144 Å². The summed E-state index contributed by atoms with van der Waals surface area (Å²) < 4.78 is 57.5. The number of aliphatic hydroxyl groups excluding tert-OH is 17. The lowest BCUT2D eigenvalue weighted by Crippen LogP contribution is -2.71. The molecule has 0 aliphatic carbocycles. The predicted molar refractivity (Wildman–Crippen MR) is 209 cm³/mol. The molecular weight excluding hydrogens is 934 g/mol. The van der Waals surface area contributed by atoms with Gasteiger partial charge in [-0.15, -0.1) is 0 Å². The molecule has 5 aliphatic rings. The lowest BCUT2D eigenvalue weighted by molar-refractivity contribution is -0.388. The average Bonchev–Trinajstić information content (AvgIpc) is 3.32. The van der Waals surface area contributed by atoms with E-state index in [1.165, 1.54) is 13.8 Å². The molecule has 0 aromatic rings. The lowest BCUT2D eigenvalue weighted by atomic mass is 9.93. The third-order valence-corrected chi connectivity index (χ3v) is 12.3. The summed E-state index contributed by atoms with van der Waals surface area (Å²) in [5.41, 5.74) is 0. The quantitative estimate of drug-likeness (QED) is 0.0534. The van der Waals surface area contributed by atoms with Crippen LogP contribution >= 0.6 is 0 Å². The molecule has 30 heteroatoms. The summed E-state index contributed by atoms with van der Waals surface area (Å²) in [5, 5.41) is 183. The second kappa shape index (κ2) is 24.7. The van der Waals surface area contributed by atoms with Gasteiger partial charge in [0.05, 0.1) is 38.6 Å². The maximum absolute atomic E-state index is 12.9. The third-order valence-electron chi connectivity index (χ3n) is 12.3. The molecule has 5 rings (SSSR count). The van der Waals surface area contributed by atoms with Gasteiger partial charge >= 0.3 is 0 Å². The highest BCUT2D eigenvalue weighted by Crippen LogP contribution is 2.37. The minimum Gasteiger partial charge on any atom is -0.394 e. The second-order valence-electron chi connectivity index (χ2n) is 17.1. The molecule has 396 valence electrons. The number of amides is 1. The molecule has 5 aliphatic heterocycles. The van der Waals surface area contributed by atoms with E-state index in [0.29, 0.717) is 0 Å². The number of carbonyl (C=O) groups is 2. The van der Waals surface area contributed by atoms with Gasteiger partial charge in [0.15, 0.2) is 37.7 Å². The summed E-state index contributed by atoms with van der Waals surface area (Å²) in [6, 6.07) is -1.80. The van der Waals surface area contributed by atoms with E-state index in [1.54, 1.807) is 0 Å². The summed E-state index contributed by atoms with van der Waals surface area (Å²) in [4.78, 5) is 24.7. The SMILES string of the molecule is CC(=O)N[C@H]1[C@H](O[C@@H]2[C@@H](O)[C@@H](O)[C@H](O[C@@H]([C@H](O[C@H]3O[C@H](C)C(O)[C@H](O)[C@H]3O)[C@@H](O)C=O)[C@H](O)CO)O[C@@H]2CO)O[C@H](CO)[C@@H](O[C@@H]2O[C@@H](C)[C@@H](O)[C@@H](O)[C@@H]2O)[C@H]1O[C@@H]1O[C@H](CO)[C@H](O)[C@H](O)[C@H]1O. The van der Waals surface area contributed by atoms with E-state index in [2.05, 4.69) is 5.32 Å². The van der Waals surface area contributed by atoms with E-state index in [-0.39, 0.29) is 6.29 Å². The third kappa shape index (κ3) is 12.3. The van der Waals surface area contributed by atoms with Crippen LogP contribution in [0.15, 0.2) is 0 Å². The van der Waals surface area contributed by atoms with Crippen molar-refractivity contribution >= 4 is 12.2 Å². The first-order valence-electron chi connectivity index (χ1n) is 21.6. The van der Waals surface area contributed by atoms with Gasteiger partial charge in [-0.1, -0.05) is 0 Å². The van der Waals surface area contributed by atoms with Gasteiger partial charge < -0.3 is 144 Å². The maximum atomic E-state index is 12.9. The van der Waals surface area contributed by atoms with Crippen LogP contribution in [0.1, 0.15) is 20.8 Å². The maximum Gasteiger partial charge on any atom is 0.217 e. The fourth-order valence-corrected chi connectivity index (χ4v) is 8.34. The van der Waals surface area contributed by atoms with E-state index in [9.17, 15) is 96.4 Å². The van der Waals surface area contributed by atoms with Crippen LogP contribution in [-0.4, -0.2) is 303 Å². The van der Waals surface area contributed by atoms with E-state index < -0.39 is 210 Å². The van der Waals surface area contributed by atoms with Crippen LogP contribution in [0, 0.1) is 0 Å². The van der Waals surface area contributed by atoms with Gasteiger partial charge in [0.1, 0.15) is 134 Å². The largest absolute Gasteiger partial charge is 0.394 e. The molecule has 0 bridgehead atoms. The van der Waals surface area contributed by atoms with E-state index >= 15 is 0 Å². The van der Waals surface area contributed by atoms with Crippen LogP contribution in [-0.2, 0) is 57.0 Å². The summed E-state index contributed by atoms with van der Waals surface area (Å²) >= 11 is 0. The van der Waals surface area contributed by atoms with Gasteiger partial charge in [-0.05, 0) is 13.8 Å². The Morgan fingerprint density at radius 3 is 1.46 bits per heavy atom. The summed E-state index contributed by atoms with van der Waals surface area (Å²) in [5.74, 6) is -0.876. The minimum atomic E-state index is -2.32. The highest BCUT2D eigenvalue weighted by molar-refractivity contribution is 5.73. The summed E-state index contributed by atoms with van der Waals surface area (Å²) in [7, 11) is 0. The second-order valence-corrected chi connectivity index (χ2v) is 17.1. The van der Waals surface area contributed by atoms with Gasteiger partial charge in [0.25, 0.3) is 0 Å². The molecular formula is C38H65NO29. The molecule has 5 fully saturated rings. The van der Waals surface area contributed by atoms with Gasteiger partial charge in [-0.3, -0.25) is 4.79 Å². The smallest absolute Gasteiger partial charge is 0.217 e. The zero-order valence-electron chi connectivity index (χ0n) is 36.7. The van der Waals surface area contributed by atoms with Crippen molar-refractivity contribution in [2.45, 2.75) is 199 Å². The van der Waals surface area contributed by atoms with Crippen molar-refractivity contribution in [2.75, 3.05) is 26.4 Å². The first kappa shape index (κ1) is 57.0. The number of rotatable bonds is 19. The van der Waals surface area contributed by atoms with Crippen molar-refractivity contribution in [1.29, 1.82) is 0 Å². The monoisotopic (exact) mass is 999 g/mol. The molecule has 0 aromatic carbocycles. The number of hydrogen-bond donors (Lipinski definition) is 18. The molecule has 29 atom stereocenters. The van der Waals surface area contributed by atoms with Gasteiger partial charge in [-0.2, -0.15) is 0 Å². The number of hydrogen-bond acceptors (Lipinski definition) is 29. The summed E-state index contributed by atoms with van der Waals surface area (Å²) in [6.07, 6.45) is -53.6. The van der Waals surface area contributed by atoms with E-state index in [1.807, 2.05) is 0 Å². The highest BCUT2D eigenvalue weighted by Gasteiger charge is 2.57. The molecule has 0 saturated carbocycles. The van der Waals surface area contributed by atoms with Gasteiger partial charge in [-0.25, -0.2) is 0 Å². The van der Waals surface area contributed by atoms with Crippen LogP contribution in [0.4, 0.5) is 0 Å². The van der Waals surface area contributed by atoms with E-state index in [4.69, 9.17) is 47.4 Å². The molecule has 1 amide bonds. The topological polar surface area (TPSA) is 482 Å². The molecule has 0 spiro atoms. The van der Waals surface area contributed by atoms with Crippen LogP contribution in [0.25, 0.3) is 0 Å². The Morgan fingerprint density at radius 1 is 0.515 bits per heavy atom. The number of ether oxygens (including phenoxy) is 10. The molecule has 1 unspecified atom stereocenters. The van der Waals surface area contributed by atoms with Crippen LogP contribution in [0.5, 0.6) is 0 Å². The van der Waals surface area contributed by atoms with Crippen LogP contribution in [0.2, 0.25) is 0 Å². The molecule has 0 aromatic heterocycles. The number of aldehydes is 1. The van der Waals surface area contributed by atoms with Crippen molar-refractivity contribution in [2.24, 2.45) is 0 Å². The first-order valence-corrected chi connectivity index (χ1v) is 21.6. The lowest BCUT2D eigenvalue weighted by Gasteiger charge is -2.51. The normalized spacial score (nSPS) is 47.7. The van der Waals surface area contributed by atoms with Crippen molar-refractivity contribution in [3.63, 3.8) is 0 Å². The minimum absolute atomic E-state index is 0.111. The predicted octanol–water partition coefficient (Wildman–Crippen LogP) is -12.1. The molecule has 68 heavy (non-hydrogen) atoms. The Kier molecular flexibility index (Phi) is 20.7. The molecule has 0 radical (unpaired) electrons. The Bertz CT molecular complexity index is 1570. The first-order chi connectivity index (χ1) is 32.0. The highest BCUT2D eigenvalue weighted by atomic mass is 16.8. The number of nitrogens with one attached hydrogen (secondary N) is 1. The Balaban J connectivity index is 1.46. The molecule has 30 nitrogen and oxygen atoms in total. The Hall–Kier alpha value is -1.94. The van der Waals surface area contributed by atoms with Crippen molar-refractivity contribution in [3.8, 4) is 0 Å². The van der Waals surface area contributed by atoms with Crippen LogP contribution < -0.4 is 5.32 Å². The number of aliphatic hydroxyl groups is 17. The van der Waals surface area contributed by atoms with Gasteiger partial charge in [0.2, 0.25) is 5.91 Å². The molecule has 18 N–H and O–H groups in total. The summed E-state index contributed by atoms with van der Waals surface area (Å²) in [6.45, 7) is -0.696. The Morgan fingerprint density at radius 2 is 0.926 bits per heavy atom. The van der Waals surface area contributed by atoms with Crippen molar-refractivity contribution in [3.05, 3.63) is 0 Å². The van der Waals surface area contributed by atoms with Crippen LogP contribution in [0.3, 0.4) is 0 Å². The zero-order chi connectivity index (χ0) is 50.6. The number of carbonyl (C=O) groups excluding carboxylic acids is 2. The average molecular weight is 1000 g/mol. The van der Waals surface area contributed by atoms with E-state index in [0.717, 1.165) is 6.92 Å². The standard InChI is InChI=1S/C38H65NO29/c1-9-18(48)21(51)25(55)35(59-9)64-29(12(46)4-40)30(13(47)5-41)65-38-28(58)24(54)31(15(7-43)63-38)66-34-17(39-11(3)45)33(68-37-27(57)23(53)20(50)14(6-42)61-37)32(16(8-44)62-34)67-36-26(56)22(52)19(49)10(2)60-36/h4,9-10,12-38,41-44,46-58H,5-8H2,1-3H3,(H,39,45)/t9-,10+,12+,13-,14-,15-,16-,17-,18?,19-,20+,21+,22-,23+,24+,25-,26+,27-,28-,29-,30-,31+,32-,33+,34+,35-,36+,37+,38+/m1/s1.